The van der Waals surface area contributed by atoms with Crippen LogP contribution in [0.3, 0.4) is 0 Å². The van der Waals surface area contributed by atoms with E-state index in [1.54, 1.807) is 12.1 Å². The van der Waals surface area contributed by atoms with Crippen molar-refractivity contribution in [3.8, 4) is 0 Å². The molecule has 0 unspecified atom stereocenters. The minimum Gasteiger partial charge on any atom is -0.478 e. The highest BCUT2D eigenvalue weighted by molar-refractivity contribution is 6.07. The summed E-state index contributed by atoms with van der Waals surface area (Å²) in [6, 6.07) is 4.81. The Morgan fingerprint density at radius 2 is 2.21 bits per heavy atom. The number of carbonyl (C=O) groups excluding carboxylic acids is 1. The Morgan fingerprint density at radius 3 is 2.93 bits per heavy atom. The van der Waals surface area contributed by atoms with Crippen molar-refractivity contribution in [2.45, 2.75) is 0 Å². The Kier molecular flexibility index (Phi) is 1.85. The molecular formula is C9H8N2O3. The second-order valence-electron chi connectivity index (χ2n) is 2.94. The van der Waals surface area contributed by atoms with Crippen LogP contribution in [0.4, 0.5) is 11.4 Å². The van der Waals surface area contributed by atoms with Gasteiger partial charge in [0.05, 0.1) is 23.5 Å². The largest absolute Gasteiger partial charge is 0.478 e. The molecule has 1 heterocycles. The van der Waals surface area contributed by atoms with Crippen molar-refractivity contribution in [2.24, 2.45) is 0 Å². The molecule has 0 saturated carbocycles. The standard InChI is InChI=1S/C9H8N2O3/c12-7-4-10-6-3-1-2-5(9(13)14)8(6)11-7/h1-3,10H,4H2,(H,11,12)(H,13,14). The molecule has 1 aromatic carbocycles. The van der Waals surface area contributed by atoms with Gasteiger partial charge in [0.1, 0.15) is 0 Å². The van der Waals surface area contributed by atoms with Crippen LogP contribution in [0.1, 0.15) is 10.4 Å². The summed E-state index contributed by atoms with van der Waals surface area (Å²) >= 11 is 0. The number of carboxylic acids is 1. The predicted molar refractivity (Wildman–Crippen MR) is 50.5 cm³/mol. The first-order valence-electron chi connectivity index (χ1n) is 4.08. The van der Waals surface area contributed by atoms with E-state index in [0.717, 1.165) is 0 Å². The fourth-order valence-corrected chi connectivity index (χ4v) is 1.37. The van der Waals surface area contributed by atoms with Gasteiger partial charge in [-0.15, -0.1) is 0 Å². The molecule has 5 heteroatoms. The molecule has 1 amide bonds. The number of amides is 1. The molecule has 3 N–H and O–H groups in total. The van der Waals surface area contributed by atoms with Crippen LogP contribution in [0.2, 0.25) is 0 Å². The van der Waals surface area contributed by atoms with Gasteiger partial charge in [-0.1, -0.05) is 6.07 Å². The summed E-state index contributed by atoms with van der Waals surface area (Å²) in [4.78, 5) is 21.8. The Hall–Kier alpha value is -2.04. The maximum absolute atomic E-state index is 11.0. The van der Waals surface area contributed by atoms with Crippen LogP contribution in [0.25, 0.3) is 0 Å². The lowest BCUT2D eigenvalue weighted by Gasteiger charge is -2.19. The van der Waals surface area contributed by atoms with E-state index in [-0.39, 0.29) is 18.0 Å². The third-order valence-electron chi connectivity index (χ3n) is 2.00. The molecule has 0 aliphatic carbocycles. The quantitative estimate of drug-likeness (QED) is 0.613. The summed E-state index contributed by atoms with van der Waals surface area (Å²) < 4.78 is 0. The van der Waals surface area contributed by atoms with Crippen LogP contribution in [0, 0.1) is 0 Å². The lowest BCUT2D eigenvalue weighted by molar-refractivity contribution is -0.114. The molecule has 1 aliphatic heterocycles. The Bertz CT molecular complexity index is 415. The van der Waals surface area contributed by atoms with Gasteiger partial charge in [0.25, 0.3) is 0 Å². The Balaban J connectivity index is 2.54. The molecule has 1 aliphatic rings. The molecule has 0 bridgehead atoms. The normalized spacial score (nSPS) is 13.9. The number of hydrogen-bond acceptors (Lipinski definition) is 3. The maximum atomic E-state index is 11.0. The van der Waals surface area contributed by atoms with Gasteiger partial charge in [-0.3, -0.25) is 4.79 Å². The topological polar surface area (TPSA) is 78.4 Å². The van der Waals surface area contributed by atoms with Gasteiger partial charge in [0.15, 0.2) is 0 Å². The highest BCUT2D eigenvalue weighted by atomic mass is 16.4. The van der Waals surface area contributed by atoms with Crippen LogP contribution in [0.15, 0.2) is 18.2 Å². The van der Waals surface area contributed by atoms with Crippen molar-refractivity contribution < 1.29 is 14.7 Å². The van der Waals surface area contributed by atoms with Gasteiger partial charge in [0, 0.05) is 0 Å². The highest BCUT2D eigenvalue weighted by Crippen LogP contribution is 2.28. The number of nitrogens with one attached hydrogen (secondary N) is 2. The minimum absolute atomic E-state index is 0.100. The molecule has 0 fully saturated rings. The van der Waals surface area contributed by atoms with E-state index in [0.29, 0.717) is 11.4 Å². The zero-order valence-corrected chi connectivity index (χ0v) is 7.20. The van der Waals surface area contributed by atoms with Gasteiger partial charge in [-0.05, 0) is 12.1 Å². The van der Waals surface area contributed by atoms with Crippen LogP contribution in [0.5, 0.6) is 0 Å². The summed E-state index contributed by atoms with van der Waals surface area (Å²) in [5.74, 6) is -1.28. The number of fused-ring (bicyclic) bond motifs is 1. The summed E-state index contributed by atoms with van der Waals surface area (Å²) in [5.41, 5.74) is 1.09. The van der Waals surface area contributed by atoms with E-state index >= 15 is 0 Å². The van der Waals surface area contributed by atoms with Crippen molar-refractivity contribution in [1.82, 2.24) is 0 Å². The van der Waals surface area contributed by atoms with E-state index < -0.39 is 5.97 Å². The summed E-state index contributed by atoms with van der Waals surface area (Å²) in [6.45, 7) is 0.177. The first-order valence-corrected chi connectivity index (χ1v) is 4.08. The van der Waals surface area contributed by atoms with Crippen LogP contribution >= 0.6 is 0 Å². The van der Waals surface area contributed by atoms with Crippen LogP contribution in [-0.4, -0.2) is 23.5 Å². The van der Waals surface area contributed by atoms with Crippen LogP contribution in [-0.2, 0) is 4.79 Å². The molecule has 0 atom stereocenters. The molecule has 0 spiro atoms. The van der Waals surface area contributed by atoms with Crippen LogP contribution < -0.4 is 10.6 Å². The van der Waals surface area contributed by atoms with Gasteiger partial charge in [-0.2, -0.15) is 0 Å². The number of anilines is 2. The van der Waals surface area contributed by atoms with E-state index in [1.807, 2.05) is 0 Å². The average molecular weight is 192 g/mol. The number of carboxylic acid groups (broad SMARTS) is 1. The second-order valence-corrected chi connectivity index (χ2v) is 2.94. The van der Waals surface area contributed by atoms with Crippen molar-refractivity contribution in [1.29, 1.82) is 0 Å². The highest BCUT2D eigenvalue weighted by Gasteiger charge is 2.19. The summed E-state index contributed by atoms with van der Waals surface area (Å²) in [6.07, 6.45) is 0. The molecule has 5 nitrogen and oxygen atoms in total. The zero-order chi connectivity index (χ0) is 10.1. The summed E-state index contributed by atoms with van der Waals surface area (Å²) in [5, 5.41) is 14.2. The van der Waals surface area contributed by atoms with Crippen molar-refractivity contribution in [3.05, 3.63) is 23.8 Å². The van der Waals surface area contributed by atoms with Gasteiger partial charge >= 0.3 is 5.97 Å². The third kappa shape index (κ3) is 1.28. The maximum Gasteiger partial charge on any atom is 0.337 e. The number of hydrogen-bond donors (Lipinski definition) is 3. The average Bonchev–Trinajstić information content (AvgIpc) is 2.16. The Labute approximate surface area is 79.7 Å². The van der Waals surface area contributed by atoms with Crippen molar-refractivity contribution in [3.63, 3.8) is 0 Å². The second kappa shape index (κ2) is 3.02. The SMILES string of the molecule is O=C1CNc2cccc(C(=O)O)c2N1. The Morgan fingerprint density at radius 1 is 1.43 bits per heavy atom. The molecule has 1 aromatic rings. The first kappa shape index (κ1) is 8.55. The van der Waals surface area contributed by atoms with E-state index in [4.69, 9.17) is 5.11 Å². The third-order valence-corrected chi connectivity index (χ3v) is 2.00. The number of carbonyl (C=O) groups is 2. The lowest BCUT2D eigenvalue weighted by Crippen LogP contribution is -2.28. The first-order chi connectivity index (χ1) is 6.68. The number of aromatic carboxylic acids is 1. The minimum atomic E-state index is -1.05. The van der Waals surface area contributed by atoms with Crippen molar-refractivity contribution >= 4 is 23.3 Å². The molecule has 14 heavy (non-hydrogen) atoms. The summed E-state index contributed by atoms with van der Waals surface area (Å²) in [7, 11) is 0. The van der Waals surface area contributed by atoms with Crippen molar-refractivity contribution in [2.75, 3.05) is 17.2 Å². The number of benzene rings is 1. The fourth-order valence-electron chi connectivity index (χ4n) is 1.37. The smallest absolute Gasteiger partial charge is 0.337 e. The number of para-hydroxylation sites is 1. The van der Waals surface area contributed by atoms with E-state index in [2.05, 4.69) is 10.6 Å². The van der Waals surface area contributed by atoms with Gasteiger partial charge in [-0.25, -0.2) is 4.79 Å². The molecule has 0 aromatic heterocycles. The molecular weight excluding hydrogens is 184 g/mol. The molecule has 2 rings (SSSR count). The predicted octanol–water partition coefficient (Wildman–Crippen LogP) is 0.749. The molecule has 0 radical (unpaired) electrons. The fraction of sp³-hybridized carbons (Fsp3) is 0.111. The molecule has 72 valence electrons. The van der Waals surface area contributed by atoms with Gasteiger partial charge in [0.2, 0.25) is 5.91 Å². The van der Waals surface area contributed by atoms with E-state index in [9.17, 15) is 9.59 Å². The number of rotatable bonds is 1. The zero-order valence-electron chi connectivity index (χ0n) is 7.20. The monoisotopic (exact) mass is 192 g/mol. The molecule has 0 saturated heterocycles. The van der Waals surface area contributed by atoms with Gasteiger partial charge < -0.3 is 15.7 Å². The van der Waals surface area contributed by atoms with E-state index in [1.165, 1.54) is 6.07 Å². The lowest BCUT2D eigenvalue weighted by atomic mass is 10.1.